The standard InChI is InChI=1S/C6H11NO2.2C6H6/c1-7(9-2)6(8)5-3-4-5;2*1-2-4-6-5-3-1/h5H,3-4H2,1-2H3;2*1-6H. The van der Waals surface area contributed by atoms with E-state index in [1.165, 1.54) is 12.2 Å². The van der Waals surface area contributed by atoms with Crippen molar-refractivity contribution in [1.82, 2.24) is 5.06 Å². The Morgan fingerprint density at radius 2 is 1.10 bits per heavy atom. The van der Waals surface area contributed by atoms with Crippen molar-refractivity contribution in [2.24, 2.45) is 5.92 Å². The molecule has 0 bridgehead atoms. The van der Waals surface area contributed by atoms with Gasteiger partial charge in [-0.1, -0.05) is 72.8 Å². The Balaban J connectivity index is 0.000000163. The van der Waals surface area contributed by atoms with Crippen LogP contribution < -0.4 is 0 Å². The lowest BCUT2D eigenvalue weighted by atomic mass is 10.4. The average molecular weight is 285 g/mol. The Labute approximate surface area is 127 Å². The minimum atomic E-state index is 0.109. The van der Waals surface area contributed by atoms with Crippen molar-refractivity contribution in [3.8, 4) is 0 Å². The van der Waals surface area contributed by atoms with E-state index in [0.717, 1.165) is 12.8 Å². The summed E-state index contributed by atoms with van der Waals surface area (Å²) in [5.41, 5.74) is 0. The van der Waals surface area contributed by atoms with E-state index in [2.05, 4.69) is 0 Å². The summed E-state index contributed by atoms with van der Waals surface area (Å²) in [7, 11) is 3.14. The van der Waals surface area contributed by atoms with Crippen molar-refractivity contribution >= 4 is 5.91 Å². The molecular formula is C18H23NO2. The highest BCUT2D eigenvalue weighted by atomic mass is 16.7. The van der Waals surface area contributed by atoms with Gasteiger partial charge in [-0.05, 0) is 12.8 Å². The van der Waals surface area contributed by atoms with Gasteiger partial charge >= 0.3 is 0 Å². The number of hydrogen-bond acceptors (Lipinski definition) is 2. The van der Waals surface area contributed by atoms with Crippen molar-refractivity contribution in [3.63, 3.8) is 0 Å². The van der Waals surface area contributed by atoms with Gasteiger partial charge < -0.3 is 0 Å². The summed E-state index contributed by atoms with van der Waals surface area (Å²) in [6.45, 7) is 0. The van der Waals surface area contributed by atoms with E-state index in [4.69, 9.17) is 4.84 Å². The van der Waals surface area contributed by atoms with Gasteiger partial charge in [-0.15, -0.1) is 0 Å². The zero-order valence-electron chi connectivity index (χ0n) is 12.7. The third-order valence-corrected chi connectivity index (χ3v) is 2.84. The Kier molecular flexibility index (Phi) is 8.57. The van der Waals surface area contributed by atoms with Crippen LogP contribution in [-0.4, -0.2) is 25.1 Å². The van der Waals surface area contributed by atoms with Gasteiger partial charge in [0.05, 0.1) is 7.11 Å². The van der Waals surface area contributed by atoms with Gasteiger partial charge in [0, 0.05) is 13.0 Å². The van der Waals surface area contributed by atoms with Crippen LogP contribution in [0.25, 0.3) is 0 Å². The maximum absolute atomic E-state index is 10.9. The van der Waals surface area contributed by atoms with Gasteiger partial charge in [0.25, 0.3) is 0 Å². The van der Waals surface area contributed by atoms with Crippen LogP contribution in [0.1, 0.15) is 12.8 Å². The minimum absolute atomic E-state index is 0.109. The van der Waals surface area contributed by atoms with E-state index in [1.54, 1.807) is 7.05 Å². The molecule has 0 unspecified atom stereocenters. The number of rotatable bonds is 2. The van der Waals surface area contributed by atoms with Crippen LogP contribution in [0.4, 0.5) is 0 Å². The Morgan fingerprint density at radius 3 is 1.29 bits per heavy atom. The molecule has 2 aromatic carbocycles. The van der Waals surface area contributed by atoms with Gasteiger partial charge in [0.2, 0.25) is 5.91 Å². The molecule has 112 valence electrons. The fourth-order valence-electron chi connectivity index (χ4n) is 1.45. The molecule has 0 atom stereocenters. The number of nitrogens with zero attached hydrogens (tertiary/aromatic N) is 1. The topological polar surface area (TPSA) is 29.5 Å². The van der Waals surface area contributed by atoms with Gasteiger partial charge in [-0.25, -0.2) is 5.06 Å². The van der Waals surface area contributed by atoms with Crippen LogP contribution in [0.3, 0.4) is 0 Å². The highest BCUT2D eigenvalue weighted by molar-refractivity contribution is 5.79. The fraction of sp³-hybridized carbons (Fsp3) is 0.278. The van der Waals surface area contributed by atoms with Crippen molar-refractivity contribution < 1.29 is 9.63 Å². The summed E-state index contributed by atoms with van der Waals surface area (Å²) in [6.07, 6.45) is 2.07. The first kappa shape index (κ1) is 16.9. The Morgan fingerprint density at radius 1 is 0.810 bits per heavy atom. The molecule has 3 rings (SSSR count). The number of hydrogen-bond donors (Lipinski definition) is 0. The first-order chi connectivity index (χ1) is 10.3. The molecule has 3 heteroatoms. The molecule has 0 radical (unpaired) electrons. The zero-order chi connectivity index (χ0) is 15.3. The molecule has 0 spiro atoms. The normalized spacial score (nSPS) is 12.1. The Hall–Kier alpha value is -2.13. The van der Waals surface area contributed by atoms with Crippen molar-refractivity contribution in [2.75, 3.05) is 14.2 Å². The fourth-order valence-corrected chi connectivity index (χ4v) is 1.45. The molecule has 2 aromatic rings. The number of amides is 1. The van der Waals surface area contributed by atoms with Crippen LogP contribution in [0.15, 0.2) is 72.8 Å². The van der Waals surface area contributed by atoms with Crippen molar-refractivity contribution in [3.05, 3.63) is 72.8 Å². The third-order valence-electron chi connectivity index (χ3n) is 2.84. The van der Waals surface area contributed by atoms with Crippen LogP contribution in [-0.2, 0) is 9.63 Å². The average Bonchev–Trinajstić information content (AvgIpc) is 3.43. The number of carbonyl (C=O) groups excluding carboxylic acids is 1. The quantitative estimate of drug-likeness (QED) is 0.786. The maximum atomic E-state index is 10.9. The molecule has 0 aromatic heterocycles. The number of hydroxylamine groups is 2. The highest BCUT2D eigenvalue weighted by Crippen LogP contribution is 2.30. The lowest BCUT2D eigenvalue weighted by Gasteiger charge is -2.11. The van der Waals surface area contributed by atoms with Crippen LogP contribution in [0.5, 0.6) is 0 Å². The van der Waals surface area contributed by atoms with E-state index in [-0.39, 0.29) is 11.8 Å². The largest absolute Gasteiger partial charge is 0.275 e. The summed E-state index contributed by atoms with van der Waals surface area (Å²) in [6, 6.07) is 24.0. The summed E-state index contributed by atoms with van der Waals surface area (Å²) >= 11 is 0. The van der Waals surface area contributed by atoms with E-state index < -0.39 is 0 Å². The lowest BCUT2D eigenvalue weighted by Crippen LogP contribution is -2.26. The third kappa shape index (κ3) is 8.60. The van der Waals surface area contributed by atoms with Crippen molar-refractivity contribution in [2.45, 2.75) is 12.8 Å². The summed E-state index contributed by atoms with van der Waals surface area (Å²) in [5.74, 6) is 0.368. The lowest BCUT2D eigenvalue weighted by molar-refractivity contribution is -0.170. The molecule has 1 saturated carbocycles. The molecule has 1 amide bonds. The first-order valence-electron chi connectivity index (χ1n) is 7.07. The summed E-state index contributed by atoms with van der Waals surface area (Å²) in [5, 5.41) is 1.29. The van der Waals surface area contributed by atoms with Gasteiger partial charge in [-0.2, -0.15) is 0 Å². The van der Waals surface area contributed by atoms with Gasteiger partial charge in [0.15, 0.2) is 0 Å². The Bertz CT molecular complexity index is 384. The molecular weight excluding hydrogens is 262 g/mol. The highest BCUT2D eigenvalue weighted by Gasteiger charge is 2.32. The molecule has 1 aliphatic carbocycles. The van der Waals surface area contributed by atoms with Crippen LogP contribution >= 0.6 is 0 Å². The molecule has 0 saturated heterocycles. The van der Waals surface area contributed by atoms with E-state index in [1.807, 2.05) is 72.8 Å². The second-order valence-electron chi connectivity index (χ2n) is 4.60. The SMILES string of the molecule is CON(C)C(=O)C1CC1.c1ccccc1.c1ccccc1. The first-order valence-corrected chi connectivity index (χ1v) is 7.07. The summed E-state index contributed by atoms with van der Waals surface area (Å²) in [4.78, 5) is 15.6. The number of benzene rings is 2. The van der Waals surface area contributed by atoms with E-state index in [0.29, 0.717) is 0 Å². The molecule has 0 heterocycles. The molecule has 21 heavy (non-hydrogen) atoms. The molecule has 3 nitrogen and oxygen atoms in total. The second-order valence-corrected chi connectivity index (χ2v) is 4.60. The predicted octanol–water partition coefficient (Wildman–Crippen LogP) is 3.79. The van der Waals surface area contributed by atoms with Crippen molar-refractivity contribution in [1.29, 1.82) is 0 Å². The van der Waals surface area contributed by atoms with Gasteiger partial charge in [0.1, 0.15) is 0 Å². The molecule has 1 fully saturated rings. The maximum Gasteiger partial charge on any atom is 0.248 e. The minimum Gasteiger partial charge on any atom is -0.275 e. The van der Waals surface area contributed by atoms with E-state index in [9.17, 15) is 4.79 Å². The number of carbonyl (C=O) groups is 1. The molecule has 0 aliphatic heterocycles. The van der Waals surface area contributed by atoms with Crippen LogP contribution in [0.2, 0.25) is 0 Å². The summed E-state index contributed by atoms with van der Waals surface area (Å²) < 4.78 is 0. The van der Waals surface area contributed by atoms with E-state index >= 15 is 0 Å². The molecule has 1 aliphatic rings. The molecule has 0 N–H and O–H groups in total. The predicted molar refractivity (Wildman–Crippen MR) is 85.4 cm³/mol. The smallest absolute Gasteiger partial charge is 0.248 e. The monoisotopic (exact) mass is 285 g/mol. The second kappa shape index (κ2) is 10.6. The zero-order valence-corrected chi connectivity index (χ0v) is 12.7. The van der Waals surface area contributed by atoms with Crippen LogP contribution in [0, 0.1) is 5.92 Å². The van der Waals surface area contributed by atoms with Gasteiger partial charge in [-0.3, -0.25) is 9.63 Å².